The SMILES string of the molecule is Cc1c(N)n[nH]c1-c1nc2ccccc2[nH]1. The summed E-state index contributed by atoms with van der Waals surface area (Å²) in [6.07, 6.45) is 0. The molecule has 0 unspecified atom stereocenters. The van der Waals surface area contributed by atoms with Gasteiger partial charge in [0.2, 0.25) is 0 Å². The number of H-pyrrole nitrogens is 2. The Labute approximate surface area is 91.7 Å². The largest absolute Gasteiger partial charge is 0.382 e. The lowest BCUT2D eigenvalue weighted by Gasteiger charge is -1.92. The van der Waals surface area contributed by atoms with Crippen LogP contribution in [-0.2, 0) is 0 Å². The number of benzene rings is 1. The minimum Gasteiger partial charge on any atom is -0.382 e. The first-order valence-corrected chi connectivity index (χ1v) is 5.01. The molecule has 1 aromatic carbocycles. The average Bonchev–Trinajstić information content (AvgIpc) is 2.84. The van der Waals surface area contributed by atoms with Crippen molar-refractivity contribution in [2.24, 2.45) is 0 Å². The number of hydrogen-bond donors (Lipinski definition) is 3. The number of rotatable bonds is 1. The molecular weight excluding hydrogens is 202 g/mol. The van der Waals surface area contributed by atoms with Crippen molar-refractivity contribution in [2.45, 2.75) is 6.92 Å². The molecule has 0 amide bonds. The van der Waals surface area contributed by atoms with Crippen LogP contribution in [0.3, 0.4) is 0 Å². The summed E-state index contributed by atoms with van der Waals surface area (Å²) < 4.78 is 0. The van der Waals surface area contributed by atoms with E-state index in [4.69, 9.17) is 5.73 Å². The van der Waals surface area contributed by atoms with Gasteiger partial charge < -0.3 is 10.7 Å². The van der Waals surface area contributed by atoms with Crippen LogP contribution in [0, 0.1) is 6.92 Å². The van der Waals surface area contributed by atoms with Gasteiger partial charge in [-0.25, -0.2) is 4.98 Å². The van der Waals surface area contributed by atoms with Crippen molar-refractivity contribution in [1.82, 2.24) is 20.2 Å². The van der Waals surface area contributed by atoms with Gasteiger partial charge in [-0.05, 0) is 19.1 Å². The number of aromatic amines is 2. The van der Waals surface area contributed by atoms with E-state index in [2.05, 4.69) is 20.2 Å². The van der Waals surface area contributed by atoms with Crippen LogP contribution in [0.1, 0.15) is 5.56 Å². The van der Waals surface area contributed by atoms with Crippen LogP contribution in [-0.4, -0.2) is 20.2 Å². The zero-order valence-corrected chi connectivity index (χ0v) is 8.78. The Morgan fingerprint density at radius 1 is 1.25 bits per heavy atom. The fourth-order valence-corrected chi connectivity index (χ4v) is 1.71. The van der Waals surface area contributed by atoms with Gasteiger partial charge in [0.05, 0.1) is 11.0 Å². The third-order valence-electron chi connectivity index (χ3n) is 2.67. The first-order chi connectivity index (χ1) is 7.75. The fraction of sp³-hybridized carbons (Fsp3) is 0.0909. The summed E-state index contributed by atoms with van der Waals surface area (Å²) in [6, 6.07) is 7.88. The molecule has 0 saturated carbocycles. The molecule has 0 atom stereocenters. The molecule has 0 bridgehead atoms. The lowest BCUT2D eigenvalue weighted by molar-refractivity contribution is 1.09. The number of nitrogens with two attached hydrogens (primary N) is 1. The van der Waals surface area contributed by atoms with Crippen molar-refractivity contribution < 1.29 is 0 Å². The lowest BCUT2D eigenvalue weighted by Crippen LogP contribution is -1.87. The Kier molecular flexibility index (Phi) is 1.73. The molecular formula is C11H11N5. The number of para-hydroxylation sites is 2. The van der Waals surface area contributed by atoms with Crippen LogP contribution in [0.4, 0.5) is 5.82 Å². The van der Waals surface area contributed by atoms with Crippen molar-refractivity contribution in [1.29, 1.82) is 0 Å². The molecule has 0 aliphatic rings. The molecule has 3 rings (SSSR count). The molecule has 0 saturated heterocycles. The number of nitrogens with zero attached hydrogens (tertiary/aromatic N) is 2. The molecule has 2 heterocycles. The average molecular weight is 213 g/mol. The van der Waals surface area contributed by atoms with Crippen LogP contribution < -0.4 is 5.73 Å². The van der Waals surface area contributed by atoms with Crippen LogP contribution >= 0.6 is 0 Å². The van der Waals surface area contributed by atoms with Gasteiger partial charge in [0.25, 0.3) is 0 Å². The van der Waals surface area contributed by atoms with E-state index in [9.17, 15) is 0 Å². The number of nitrogen functional groups attached to an aromatic ring is 1. The third kappa shape index (κ3) is 1.18. The number of hydrogen-bond acceptors (Lipinski definition) is 3. The fourth-order valence-electron chi connectivity index (χ4n) is 1.71. The van der Waals surface area contributed by atoms with E-state index in [1.165, 1.54) is 0 Å². The Balaban J connectivity index is 2.23. The highest BCUT2D eigenvalue weighted by Gasteiger charge is 2.11. The first-order valence-electron chi connectivity index (χ1n) is 5.01. The molecule has 0 spiro atoms. The number of fused-ring (bicyclic) bond motifs is 1. The van der Waals surface area contributed by atoms with E-state index < -0.39 is 0 Å². The summed E-state index contributed by atoms with van der Waals surface area (Å²) in [5.41, 5.74) is 9.39. The van der Waals surface area contributed by atoms with Gasteiger partial charge in [-0.2, -0.15) is 5.10 Å². The minimum atomic E-state index is 0.510. The van der Waals surface area contributed by atoms with Crippen molar-refractivity contribution >= 4 is 16.9 Å². The van der Waals surface area contributed by atoms with Gasteiger partial charge in [-0.15, -0.1) is 0 Å². The van der Waals surface area contributed by atoms with Gasteiger partial charge in [0.15, 0.2) is 5.82 Å². The van der Waals surface area contributed by atoms with E-state index >= 15 is 0 Å². The summed E-state index contributed by atoms with van der Waals surface area (Å²) in [4.78, 5) is 7.70. The molecule has 5 nitrogen and oxygen atoms in total. The maximum atomic E-state index is 5.69. The summed E-state index contributed by atoms with van der Waals surface area (Å²) >= 11 is 0. The minimum absolute atomic E-state index is 0.510. The molecule has 5 heteroatoms. The van der Waals surface area contributed by atoms with E-state index in [1.807, 2.05) is 31.2 Å². The summed E-state index contributed by atoms with van der Waals surface area (Å²) in [6.45, 7) is 1.92. The molecule has 0 aliphatic carbocycles. The van der Waals surface area contributed by atoms with E-state index in [0.29, 0.717) is 5.82 Å². The molecule has 2 aromatic heterocycles. The third-order valence-corrected chi connectivity index (χ3v) is 2.67. The maximum Gasteiger partial charge on any atom is 0.156 e. The van der Waals surface area contributed by atoms with Gasteiger partial charge in [0.1, 0.15) is 11.5 Å². The Bertz CT molecular complexity index is 616. The highest BCUT2D eigenvalue weighted by Crippen LogP contribution is 2.23. The number of anilines is 1. The standard InChI is InChI=1S/C11H11N5/c1-6-9(15-16-10(6)12)11-13-7-4-2-3-5-8(7)14-11/h2-5H,1H3,(H,13,14)(H3,12,15,16). The Morgan fingerprint density at radius 2 is 2.06 bits per heavy atom. The molecule has 0 radical (unpaired) electrons. The second kappa shape index (κ2) is 3.10. The van der Waals surface area contributed by atoms with E-state index in [1.54, 1.807) is 0 Å². The Hall–Kier alpha value is -2.30. The van der Waals surface area contributed by atoms with E-state index in [0.717, 1.165) is 28.1 Å². The zero-order chi connectivity index (χ0) is 11.1. The van der Waals surface area contributed by atoms with Crippen molar-refractivity contribution in [2.75, 3.05) is 5.73 Å². The molecule has 16 heavy (non-hydrogen) atoms. The molecule has 80 valence electrons. The Morgan fingerprint density at radius 3 is 2.75 bits per heavy atom. The van der Waals surface area contributed by atoms with E-state index in [-0.39, 0.29) is 0 Å². The van der Waals surface area contributed by atoms with Crippen molar-refractivity contribution in [3.05, 3.63) is 29.8 Å². The van der Waals surface area contributed by atoms with Crippen molar-refractivity contribution in [3.63, 3.8) is 0 Å². The van der Waals surface area contributed by atoms with Crippen LogP contribution in [0.15, 0.2) is 24.3 Å². The normalized spacial score (nSPS) is 11.1. The smallest absolute Gasteiger partial charge is 0.156 e. The van der Waals surface area contributed by atoms with Gasteiger partial charge >= 0.3 is 0 Å². The summed E-state index contributed by atoms with van der Waals surface area (Å²) in [7, 11) is 0. The van der Waals surface area contributed by atoms with Crippen molar-refractivity contribution in [3.8, 4) is 11.5 Å². The topological polar surface area (TPSA) is 83.4 Å². The molecule has 0 fully saturated rings. The summed E-state index contributed by atoms with van der Waals surface area (Å²) in [5.74, 6) is 1.28. The number of imidazole rings is 1. The molecule has 0 aliphatic heterocycles. The van der Waals surface area contributed by atoms with Crippen LogP contribution in [0.5, 0.6) is 0 Å². The van der Waals surface area contributed by atoms with Gasteiger partial charge in [0, 0.05) is 5.56 Å². The first kappa shape index (κ1) is 8.96. The highest BCUT2D eigenvalue weighted by atomic mass is 15.2. The van der Waals surface area contributed by atoms with Gasteiger partial charge in [-0.1, -0.05) is 12.1 Å². The predicted octanol–water partition coefficient (Wildman–Crippen LogP) is 1.84. The molecule has 3 aromatic rings. The quantitative estimate of drug-likeness (QED) is 0.576. The molecule has 4 N–H and O–H groups in total. The van der Waals surface area contributed by atoms with Crippen LogP contribution in [0.2, 0.25) is 0 Å². The maximum absolute atomic E-state index is 5.69. The lowest BCUT2D eigenvalue weighted by atomic mass is 10.2. The monoisotopic (exact) mass is 213 g/mol. The number of nitrogens with one attached hydrogen (secondary N) is 2. The van der Waals surface area contributed by atoms with Crippen LogP contribution in [0.25, 0.3) is 22.6 Å². The summed E-state index contributed by atoms with van der Waals surface area (Å²) in [5, 5.41) is 6.84. The number of aromatic nitrogens is 4. The second-order valence-electron chi connectivity index (χ2n) is 3.71. The predicted molar refractivity (Wildman–Crippen MR) is 62.8 cm³/mol. The zero-order valence-electron chi connectivity index (χ0n) is 8.78. The highest BCUT2D eigenvalue weighted by molar-refractivity contribution is 5.79. The second-order valence-corrected chi connectivity index (χ2v) is 3.71. The van der Waals surface area contributed by atoms with Gasteiger partial charge in [-0.3, -0.25) is 5.10 Å².